The molecule has 0 saturated carbocycles. The molecule has 1 N–H and O–H groups in total. The van der Waals surface area contributed by atoms with Crippen LogP contribution in [0.5, 0.6) is 0 Å². The Morgan fingerprint density at radius 1 is 1.35 bits per heavy atom. The lowest BCUT2D eigenvalue weighted by Crippen LogP contribution is -2.23. The standard InChI is InChI=1S/C14H16ClF2N3/c1-3-6-20-13(4-5-19-20)14(18-2)9-7-12(17)10(15)8-11(9)16/h4-5,7-8,14,18H,3,6H2,1-2H3. The van der Waals surface area contributed by atoms with E-state index in [1.807, 2.05) is 6.92 Å². The van der Waals surface area contributed by atoms with Crippen molar-refractivity contribution in [3.63, 3.8) is 0 Å². The highest BCUT2D eigenvalue weighted by atomic mass is 35.5. The largest absolute Gasteiger partial charge is 0.308 e. The molecule has 1 heterocycles. The molecule has 6 heteroatoms. The van der Waals surface area contributed by atoms with E-state index in [1.165, 1.54) is 0 Å². The molecule has 1 unspecified atom stereocenters. The third-order valence-corrected chi connectivity index (χ3v) is 3.41. The van der Waals surface area contributed by atoms with Crippen molar-refractivity contribution in [3.05, 3.63) is 52.3 Å². The normalized spacial score (nSPS) is 12.7. The first-order valence-corrected chi connectivity index (χ1v) is 6.79. The molecule has 0 aliphatic carbocycles. The summed E-state index contributed by atoms with van der Waals surface area (Å²) in [7, 11) is 1.69. The Morgan fingerprint density at radius 2 is 2.10 bits per heavy atom. The molecular weight excluding hydrogens is 284 g/mol. The van der Waals surface area contributed by atoms with Crippen molar-refractivity contribution < 1.29 is 8.78 Å². The predicted molar refractivity (Wildman–Crippen MR) is 74.8 cm³/mol. The Balaban J connectivity index is 2.47. The van der Waals surface area contributed by atoms with Gasteiger partial charge >= 0.3 is 0 Å². The molecule has 2 aromatic rings. The van der Waals surface area contributed by atoms with E-state index in [2.05, 4.69) is 10.4 Å². The number of rotatable bonds is 5. The number of benzene rings is 1. The van der Waals surface area contributed by atoms with Gasteiger partial charge in [0, 0.05) is 18.3 Å². The van der Waals surface area contributed by atoms with Crippen LogP contribution in [-0.4, -0.2) is 16.8 Å². The van der Waals surface area contributed by atoms with Crippen molar-refractivity contribution in [2.75, 3.05) is 7.05 Å². The Labute approximate surface area is 121 Å². The Hall–Kier alpha value is -1.46. The maximum Gasteiger partial charge on any atom is 0.142 e. The third-order valence-electron chi connectivity index (χ3n) is 3.12. The number of aryl methyl sites for hydroxylation is 1. The fourth-order valence-electron chi connectivity index (χ4n) is 2.21. The molecule has 0 amide bonds. The minimum atomic E-state index is -0.634. The van der Waals surface area contributed by atoms with Gasteiger partial charge in [-0.2, -0.15) is 5.10 Å². The van der Waals surface area contributed by atoms with Gasteiger partial charge in [0.25, 0.3) is 0 Å². The average molecular weight is 300 g/mol. The van der Waals surface area contributed by atoms with Crippen LogP contribution in [0.15, 0.2) is 24.4 Å². The number of halogens is 3. The first kappa shape index (κ1) is 14.9. The summed E-state index contributed by atoms with van der Waals surface area (Å²) in [6.07, 6.45) is 2.56. The van der Waals surface area contributed by atoms with E-state index in [0.29, 0.717) is 0 Å². The monoisotopic (exact) mass is 299 g/mol. The second kappa shape index (κ2) is 6.33. The van der Waals surface area contributed by atoms with Gasteiger partial charge in [0.05, 0.1) is 16.8 Å². The molecule has 20 heavy (non-hydrogen) atoms. The average Bonchev–Trinajstić information content (AvgIpc) is 2.85. The van der Waals surface area contributed by atoms with Gasteiger partial charge in [0.1, 0.15) is 11.6 Å². The third kappa shape index (κ3) is 2.83. The molecule has 0 aliphatic rings. The van der Waals surface area contributed by atoms with E-state index in [-0.39, 0.29) is 10.6 Å². The highest BCUT2D eigenvalue weighted by Crippen LogP contribution is 2.28. The van der Waals surface area contributed by atoms with E-state index < -0.39 is 17.7 Å². The fourth-order valence-corrected chi connectivity index (χ4v) is 2.36. The first-order chi connectivity index (χ1) is 9.58. The van der Waals surface area contributed by atoms with Gasteiger partial charge in [-0.3, -0.25) is 4.68 Å². The van der Waals surface area contributed by atoms with Crippen LogP contribution in [0.1, 0.15) is 30.6 Å². The van der Waals surface area contributed by atoms with Crippen molar-refractivity contribution in [3.8, 4) is 0 Å². The van der Waals surface area contributed by atoms with Crippen LogP contribution >= 0.6 is 11.6 Å². The zero-order chi connectivity index (χ0) is 14.7. The van der Waals surface area contributed by atoms with Crippen molar-refractivity contribution in [1.82, 2.24) is 15.1 Å². The maximum absolute atomic E-state index is 14.1. The van der Waals surface area contributed by atoms with Gasteiger partial charge in [-0.1, -0.05) is 18.5 Å². The van der Waals surface area contributed by atoms with E-state index in [9.17, 15) is 8.78 Å². The summed E-state index contributed by atoms with van der Waals surface area (Å²) in [5.41, 5.74) is 1.00. The highest BCUT2D eigenvalue weighted by Gasteiger charge is 2.21. The van der Waals surface area contributed by atoms with Crippen molar-refractivity contribution in [2.45, 2.75) is 25.9 Å². The van der Waals surface area contributed by atoms with Crippen molar-refractivity contribution in [1.29, 1.82) is 0 Å². The predicted octanol–water partition coefficient (Wildman–Crippen LogP) is 3.53. The van der Waals surface area contributed by atoms with E-state index in [0.717, 1.165) is 30.8 Å². The van der Waals surface area contributed by atoms with Crippen LogP contribution in [0.25, 0.3) is 0 Å². The molecule has 0 aliphatic heterocycles. The summed E-state index contributed by atoms with van der Waals surface area (Å²) in [5, 5.41) is 6.98. The van der Waals surface area contributed by atoms with E-state index >= 15 is 0 Å². The second-order valence-corrected chi connectivity index (χ2v) is 4.90. The molecule has 108 valence electrons. The quantitative estimate of drug-likeness (QED) is 0.856. The number of nitrogens with one attached hydrogen (secondary N) is 1. The minimum absolute atomic E-state index is 0.215. The van der Waals surface area contributed by atoms with E-state index in [1.54, 1.807) is 24.0 Å². The summed E-state index contributed by atoms with van der Waals surface area (Å²) in [6, 6.07) is 3.44. The zero-order valence-corrected chi connectivity index (χ0v) is 12.1. The molecule has 1 atom stereocenters. The topological polar surface area (TPSA) is 29.9 Å². The second-order valence-electron chi connectivity index (χ2n) is 4.49. The Bertz CT molecular complexity index is 598. The molecule has 1 aromatic carbocycles. The molecule has 0 spiro atoms. The molecule has 0 saturated heterocycles. The molecule has 2 rings (SSSR count). The van der Waals surface area contributed by atoms with Gasteiger partial charge < -0.3 is 5.32 Å². The lowest BCUT2D eigenvalue weighted by Gasteiger charge is -2.19. The summed E-state index contributed by atoms with van der Waals surface area (Å²) < 4.78 is 29.4. The smallest absolute Gasteiger partial charge is 0.142 e. The number of hydrogen-bond acceptors (Lipinski definition) is 2. The van der Waals surface area contributed by atoms with Gasteiger partial charge in [0.15, 0.2) is 0 Å². The summed E-state index contributed by atoms with van der Waals surface area (Å²) in [6.45, 7) is 2.75. The molecule has 0 fully saturated rings. The van der Waals surface area contributed by atoms with Crippen LogP contribution in [0.4, 0.5) is 8.78 Å². The first-order valence-electron chi connectivity index (χ1n) is 6.41. The van der Waals surface area contributed by atoms with Crippen LogP contribution < -0.4 is 5.32 Å². The van der Waals surface area contributed by atoms with Crippen LogP contribution in [0, 0.1) is 11.6 Å². The van der Waals surface area contributed by atoms with Crippen LogP contribution in [0.2, 0.25) is 5.02 Å². The molecular formula is C14H16ClF2N3. The van der Waals surface area contributed by atoms with Crippen molar-refractivity contribution >= 4 is 11.6 Å². The number of aromatic nitrogens is 2. The van der Waals surface area contributed by atoms with Gasteiger partial charge in [-0.25, -0.2) is 8.78 Å². The minimum Gasteiger partial charge on any atom is -0.308 e. The number of nitrogens with zero attached hydrogens (tertiary/aromatic N) is 2. The summed E-state index contributed by atoms with van der Waals surface area (Å²) in [5.74, 6) is -1.18. The van der Waals surface area contributed by atoms with Crippen LogP contribution in [0.3, 0.4) is 0 Å². The molecule has 3 nitrogen and oxygen atoms in total. The van der Waals surface area contributed by atoms with Crippen molar-refractivity contribution in [2.24, 2.45) is 0 Å². The summed E-state index contributed by atoms with van der Waals surface area (Å²) in [4.78, 5) is 0. The lowest BCUT2D eigenvalue weighted by molar-refractivity contribution is 0.511. The fraction of sp³-hybridized carbons (Fsp3) is 0.357. The summed E-state index contributed by atoms with van der Waals surface area (Å²) >= 11 is 5.59. The maximum atomic E-state index is 14.1. The molecule has 1 aromatic heterocycles. The SMILES string of the molecule is CCCn1nccc1C(NC)c1cc(F)c(Cl)cc1F. The lowest BCUT2D eigenvalue weighted by atomic mass is 10.0. The van der Waals surface area contributed by atoms with E-state index in [4.69, 9.17) is 11.6 Å². The Kier molecular flexibility index (Phi) is 4.73. The highest BCUT2D eigenvalue weighted by molar-refractivity contribution is 6.30. The number of hydrogen-bond donors (Lipinski definition) is 1. The Morgan fingerprint density at radius 3 is 2.75 bits per heavy atom. The molecule has 0 bridgehead atoms. The van der Waals surface area contributed by atoms with Gasteiger partial charge in [-0.05, 0) is 31.7 Å². The van der Waals surface area contributed by atoms with Gasteiger partial charge in [0.2, 0.25) is 0 Å². The van der Waals surface area contributed by atoms with Crippen LogP contribution in [-0.2, 0) is 6.54 Å². The molecule has 0 radical (unpaired) electrons. The van der Waals surface area contributed by atoms with Gasteiger partial charge in [-0.15, -0.1) is 0 Å². The zero-order valence-electron chi connectivity index (χ0n) is 11.3.